The normalized spacial score (nSPS) is 20.2. The highest BCUT2D eigenvalue weighted by Gasteiger charge is 2.19. The molecule has 14 heavy (non-hydrogen) atoms. The number of nitrogens with zero attached hydrogens (tertiary/aromatic N) is 1. The number of hydrogen-bond acceptors (Lipinski definition) is 2. The molecule has 1 aliphatic carbocycles. The summed E-state index contributed by atoms with van der Waals surface area (Å²) in [5, 5.41) is 0. The number of rotatable bonds is 5. The minimum absolute atomic E-state index is 0.494. The van der Waals surface area contributed by atoms with Gasteiger partial charge in [-0.15, -0.1) is 0 Å². The Bertz CT molecular complexity index is 188. The second-order valence-electron chi connectivity index (χ2n) is 4.61. The molecule has 0 aromatic rings. The third kappa shape index (κ3) is 3.93. The Morgan fingerprint density at radius 3 is 2.57 bits per heavy atom. The van der Waals surface area contributed by atoms with E-state index in [1.54, 1.807) is 0 Å². The van der Waals surface area contributed by atoms with Gasteiger partial charge in [-0.25, -0.2) is 0 Å². The van der Waals surface area contributed by atoms with Crippen LogP contribution < -0.4 is 5.73 Å². The monoisotopic (exact) mass is 214 g/mol. The molecular weight excluding hydrogens is 192 g/mol. The van der Waals surface area contributed by atoms with Crippen LogP contribution >= 0.6 is 12.2 Å². The van der Waals surface area contributed by atoms with Gasteiger partial charge in [0.2, 0.25) is 0 Å². The lowest BCUT2D eigenvalue weighted by molar-refractivity contribution is 0.223. The molecule has 1 unspecified atom stereocenters. The Hall–Kier alpha value is -0.150. The van der Waals surface area contributed by atoms with Crippen molar-refractivity contribution in [3.05, 3.63) is 0 Å². The highest BCUT2D eigenvalue weighted by molar-refractivity contribution is 7.80. The standard InChI is InChI=1S/C11H22N2S/c1-9(7-11(12)14)13(2)8-10-5-3-4-6-10/h9-10H,3-8H2,1-2H3,(H2,12,14). The first kappa shape index (κ1) is 11.9. The summed E-state index contributed by atoms with van der Waals surface area (Å²) < 4.78 is 0. The first-order valence-corrected chi connectivity index (χ1v) is 5.99. The van der Waals surface area contributed by atoms with E-state index < -0.39 is 0 Å². The van der Waals surface area contributed by atoms with E-state index >= 15 is 0 Å². The van der Waals surface area contributed by atoms with E-state index in [0.717, 1.165) is 12.3 Å². The van der Waals surface area contributed by atoms with Crippen LogP contribution in [0.2, 0.25) is 0 Å². The number of hydrogen-bond donors (Lipinski definition) is 1. The van der Waals surface area contributed by atoms with Crippen LogP contribution in [0.15, 0.2) is 0 Å². The van der Waals surface area contributed by atoms with E-state index in [2.05, 4.69) is 18.9 Å². The van der Waals surface area contributed by atoms with E-state index in [9.17, 15) is 0 Å². The largest absolute Gasteiger partial charge is 0.393 e. The van der Waals surface area contributed by atoms with Crippen molar-refractivity contribution in [2.75, 3.05) is 13.6 Å². The van der Waals surface area contributed by atoms with Gasteiger partial charge in [0.15, 0.2) is 0 Å². The lowest BCUT2D eigenvalue weighted by Gasteiger charge is -2.27. The number of thiocarbonyl (C=S) groups is 1. The van der Waals surface area contributed by atoms with E-state index in [0.29, 0.717) is 11.0 Å². The van der Waals surface area contributed by atoms with Gasteiger partial charge in [0.25, 0.3) is 0 Å². The molecule has 1 saturated carbocycles. The summed E-state index contributed by atoms with van der Waals surface area (Å²) in [6, 6.07) is 0.494. The third-order valence-corrected chi connectivity index (χ3v) is 3.44. The molecule has 0 saturated heterocycles. The summed E-state index contributed by atoms with van der Waals surface area (Å²) in [7, 11) is 2.18. The Labute approximate surface area is 92.8 Å². The topological polar surface area (TPSA) is 29.3 Å². The summed E-state index contributed by atoms with van der Waals surface area (Å²) in [5.41, 5.74) is 5.54. The maximum atomic E-state index is 5.54. The SMILES string of the molecule is CC(CC(N)=S)N(C)CC1CCCC1. The predicted octanol–water partition coefficient (Wildman–Crippen LogP) is 2.17. The van der Waals surface area contributed by atoms with E-state index in [4.69, 9.17) is 18.0 Å². The minimum Gasteiger partial charge on any atom is -0.393 e. The van der Waals surface area contributed by atoms with E-state index in [1.807, 2.05) is 0 Å². The van der Waals surface area contributed by atoms with Crippen molar-refractivity contribution in [3.8, 4) is 0 Å². The first-order valence-electron chi connectivity index (χ1n) is 5.58. The predicted molar refractivity (Wildman–Crippen MR) is 65.5 cm³/mol. The summed E-state index contributed by atoms with van der Waals surface area (Å²) in [6.45, 7) is 3.41. The molecule has 1 aliphatic rings. The molecule has 3 heteroatoms. The van der Waals surface area contributed by atoms with Gasteiger partial charge < -0.3 is 10.6 Å². The fourth-order valence-electron chi connectivity index (χ4n) is 2.23. The van der Waals surface area contributed by atoms with Crippen molar-refractivity contribution in [3.63, 3.8) is 0 Å². The molecule has 2 nitrogen and oxygen atoms in total. The zero-order valence-electron chi connectivity index (χ0n) is 9.33. The zero-order chi connectivity index (χ0) is 10.6. The van der Waals surface area contributed by atoms with Crippen molar-refractivity contribution in [2.45, 2.75) is 45.1 Å². The molecule has 82 valence electrons. The first-order chi connectivity index (χ1) is 6.59. The summed E-state index contributed by atoms with van der Waals surface area (Å²) in [4.78, 5) is 3.03. The highest BCUT2D eigenvalue weighted by atomic mass is 32.1. The average Bonchev–Trinajstić information content (AvgIpc) is 2.55. The maximum Gasteiger partial charge on any atom is 0.0742 e. The van der Waals surface area contributed by atoms with Gasteiger partial charge in [0.05, 0.1) is 4.99 Å². The highest BCUT2D eigenvalue weighted by Crippen LogP contribution is 2.25. The summed E-state index contributed by atoms with van der Waals surface area (Å²) in [6.07, 6.45) is 6.50. The van der Waals surface area contributed by atoms with Crippen LogP contribution in [0, 0.1) is 5.92 Å². The van der Waals surface area contributed by atoms with Gasteiger partial charge >= 0.3 is 0 Å². The Morgan fingerprint density at radius 1 is 1.50 bits per heavy atom. The average molecular weight is 214 g/mol. The molecule has 0 aromatic heterocycles. The molecular formula is C11H22N2S. The minimum atomic E-state index is 0.494. The molecule has 0 spiro atoms. The van der Waals surface area contributed by atoms with Gasteiger partial charge in [-0.3, -0.25) is 0 Å². The lowest BCUT2D eigenvalue weighted by atomic mass is 10.1. The van der Waals surface area contributed by atoms with Crippen molar-refractivity contribution >= 4 is 17.2 Å². The Morgan fingerprint density at radius 2 is 2.07 bits per heavy atom. The molecule has 0 aliphatic heterocycles. The lowest BCUT2D eigenvalue weighted by Crippen LogP contribution is -2.35. The van der Waals surface area contributed by atoms with Crippen molar-refractivity contribution in [2.24, 2.45) is 11.7 Å². The van der Waals surface area contributed by atoms with Crippen LogP contribution in [0.25, 0.3) is 0 Å². The van der Waals surface area contributed by atoms with Crippen molar-refractivity contribution < 1.29 is 0 Å². The Balaban J connectivity index is 2.25. The van der Waals surface area contributed by atoms with E-state index in [-0.39, 0.29) is 0 Å². The van der Waals surface area contributed by atoms with Gasteiger partial charge in [-0.05, 0) is 32.7 Å². The molecule has 1 atom stereocenters. The molecule has 2 N–H and O–H groups in total. The quantitative estimate of drug-likeness (QED) is 0.711. The maximum absolute atomic E-state index is 5.54. The third-order valence-electron chi connectivity index (χ3n) is 3.27. The van der Waals surface area contributed by atoms with Crippen LogP contribution in [0.5, 0.6) is 0 Å². The molecule has 1 fully saturated rings. The second-order valence-corrected chi connectivity index (χ2v) is 5.13. The van der Waals surface area contributed by atoms with Crippen LogP contribution in [0.1, 0.15) is 39.0 Å². The van der Waals surface area contributed by atoms with Crippen LogP contribution in [0.3, 0.4) is 0 Å². The fourth-order valence-corrected chi connectivity index (χ4v) is 2.47. The molecule has 0 aromatic carbocycles. The van der Waals surface area contributed by atoms with Crippen molar-refractivity contribution in [1.82, 2.24) is 4.90 Å². The van der Waals surface area contributed by atoms with Gasteiger partial charge in [-0.1, -0.05) is 25.1 Å². The van der Waals surface area contributed by atoms with Gasteiger partial charge in [0.1, 0.15) is 0 Å². The van der Waals surface area contributed by atoms with Crippen LogP contribution in [-0.2, 0) is 0 Å². The Kier molecular flexibility index (Phi) is 4.82. The smallest absolute Gasteiger partial charge is 0.0742 e. The van der Waals surface area contributed by atoms with Gasteiger partial charge in [-0.2, -0.15) is 0 Å². The summed E-state index contributed by atoms with van der Waals surface area (Å²) >= 11 is 4.92. The van der Waals surface area contributed by atoms with E-state index in [1.165, 1.54) is 32.2 Å². The van der Waals surface area contributed by atoms with Crippen LogP contribution in [0.4, 0.5) is 0 Å². The van der Waals surface area contributed by atoms with Crippen molar-refractivity contribution in [1.29, 1.82) is 0 Å². The van der Waals surface area contributed by atoms with Crippen LogP contribution in [-0.4, -0.2) is 29.5 Å². The second kappa shape index (κ2) is 5.66. The fraction of sp³-hybridized carbons (Fsp3) is 0.909. The summed E-state index contributed by atoms with van der Waals surface area (Å²) in [5.74, 6) is 0.911. The zero-order valence-corrected chi connectivity index (χ0v) is 10.1. The molecule has 0 radical (unpaired) electrons. The molecule has 0 heterocycles. The molecule has 1 rings (SSSR count). The molecule has 0 amide bonds. The molecule has 0 bridgehead atoms. The van der Waals surface area contributed by atoms with Gasteiger partial charge in [0, 0.05) is 19.0 Å². The number of nitrogens with two attached hydrogens (primary N) is 1.